The van der Waals surface area contributed by atoms with E-state index in [0.29, 0.717) is 22.8 Å². The van der Waals surface area contributed by atoms with Crippen LogP contribution in [0.25, 0.3) is 5.65 Å². The first-order valence-electron chi connectivity index (χ1n) is 10.2. The number of carbonyl (C=O) groups excluding carboxylic acids is 1. The molecule has 162 valence electrons. The quantitative estimate of drug-likeness (QED) is 0.476. The molecule has 0 aliphatic rings. The Morgan fingerprint density at radius 1 is 0.969 bits per heavy atom. The Morgan fingerprint density at radius 2 is 1.78 bits per heavy atom. The number of aryl methyl sites for hydroxylation is 3. The third kappa shape index (κ3) is 4.78. The summed E-state index contributed by atoms with van der Waals surface area (Å²) in [7, 11) is 0. The van der Waals surface area contributed by atoms with Crippen molar-refractivity contribution in [3.8, 4) is 5.75 Å². The molecule has 7 heteroatoms. The highest BCUT2D eigenvalue weighted by Gasteiger charge is 2.09. The van der Waals surface area contributed by atoms with Crippen molar-refractivity contribution in [1.82, 2.24) is 9.38 Å². The summed E-state index contributed by atoms with van der Waals surface area (Å²) in [6.45, 7) is 5.94. The molecule has 0 saturated carbocycles. The summed E-state index contributed by atoms with van der Waals surface area (Å²) in [4.78, 5) is 29.3. The summed E-state index contributed by atoms with van der Waals surface area (Å²) in [5, 5.41) is 5.66. The van der Waals surface area contributed by atoms with Crippen LogP contribution in [0.4, 0.5) is 16.2 Å². The highest BCUT2D eigenvalue weighted by Crippen LogP contribution is 2.24. The van der Waals surface area contributed by atoms with E-state index in [1.165, 1.54) is 10.5 Å². The Hall–Kier alpha value is -4.13. The Morgan fingerprint density at radius 3 is 2.59 bits per heavy atom. The van der Waals surface area contributed by atoms with Gasteiger partial charge in [-0.15, -0.1) is 0 Å². The Balaban J connectivity index is 1.47. The lowest BCUT2D eigenvalue weighted by Gasteiger charge is -2.13. The van der Waals surface area contributed by atoms with Crippen LogP contribution in [0, 0.1) is 20.8 Å². The Labute approximate surface area is 185 Å². The fraction of sp³-hybridized carbons (Fsp3) is 0.160. The van der Waals surface area contributed by atoms with Gasteiger partial charge in [0, 0.05) is 29.7 Å². The van der Waals surface area contributed by atoms with E-state index < -0.39 is 0 Å². The van der Waals surface area contributed by atoms with Crippen molar-refractivity contribution in [1.29, 1.82) is 0 Å². The lowest BCUT2D eigenvalue weighted by atomic mass is 10.2. The van der Waals surface area contributed by atoms with Gasteiger partial charge in [-0.2, -0.15) is 0 Å². The number of aromatic nitrogens is 2. The zero-order chi connectivity index (χ0) is 22.7. The molecular formula is C25H24N4O3. The molecule has 2 N–H and O–H groups in total. The summed E-state index contributed by atoms with van der Waals surface area (Å²) in [5.74, 6) is 0.602. The molecule has 2 amide bonds. The minimum atomic E-state index is -0.339. The van der Waals surface area contributed by atoms with Crippen LogP contribution >= 0.6 is 0 Å². The highest BCUT2D eigenvalue weighted by atomic mass is 16.5. The summed E-state index contributed by atoms with van der Waals surface area (Å²) >= 11 is 0. The van der Waals surface area contributed by atoms with Crippen LogP contribution in [0.2, 0.25) is 0 Å². The molecular weight excluding hydrogens is 404 g/mol. The summed E-state index contributed by atoms with van der Waals surface area (Å²) in [6, 6.07) is 17.8. The van der Waals surface area contributed by atoms with E-state index in [4.69, 9.17) is 4.74 Å². The van der Waals surface area contributed by atoms with Gasteiger partial charge in [0.05, 0.1) is 5.69 Å². The minimum Gasteiger partial charge on any atom is -0.487 e. The fourth-order valence-corrected chi connectivity index (χ4v) is 3.31. The third-order valence-corrected chi connectivity index (χ3v) is 5.09. The van der Waals surface area contributed by atoms with E-state index in [-0.39, 0.29) is 18.2 Å². The largest absolute Gasteiger partial charge is 0.487 e. The average molecular weight is 428 g/mol. The Bertz CT molecular complexity index is 1360. The summed E-state index contributed by atoms with van der Waals surface area (Å²) in [6.07, 6.45) is 1.71. The monoisotopic (exact) mass is 428 g/mol. The highest BCUT2D eigenvalue weighted by molar-refractivity contribution is 6.00. The first-order chi connectivity index (χ1) is 15.4. The topological polar surface area (TPSA) is 84.7 Å². The van der Waals surface area contributed by atoms with Gasteiger partial charge in [0.2, 0.25) is 0 Å². The van der Waals surface area contributed by atoms with Gasteiger partial charge in [-0.05, 0) is 61.7 Å². The van der Waals surface area contributed by atoms with Gasteiger partial charge in [-0.1, -0.05) is 24.3 Å². The van der Waals surface area contributed by atoms with E-state index in [2.05, 4.69) is 15.6 Å². The SMILES string of the molecule is Cc1ccn2c(=O)cc(COc3cc(NC(=O)Nc4ccccc4C)ccc3C)nc2c1. The molecule has 0 aliphatic heterocycles. The van der Waals surface area contributed by atoms with Crippen molar-refractivity contribution < 1.29 is 9.53 Å². The van der Waals surface area contributed by atoms with Crippen molar-refractivity contribution in [2.75, 3.05) is 10.6 Å². The molecule has 0 fully saturated rings. The van der Waals surface area contributed by atoms with Crippen molar-refractivity contribution in [2.45, 2.75) is 27.4 Å². The number of pyridine rings is 1. The van der Waals surface area contributed by atoms with Gasteiger partial charge < -0.3 is 15.4 Å². The van der Waals surface area contributed by atoms with Crippen LogP contribution in [0.5, 0.6) is 5.75 Å². The molecule has 0 spiro atoms. The maximum Gasteiger partial charge on any atom is 0.323 e. The van der Waals surface area contributed by atoms with E-state index in [9.17, 15) is 9.59 Å². The molecule has 32 heavy (non-hydrogen) atoms. The predicted molar refractivity (Wildman–Crippen MR) is 126 cm³/mol. The molecule has 4 aromatic rings. The van der Waals surface area contributed by atoms with Gasteiger partial charge in [0.15, 0.2) is 0 Å². The molecule has 0 aliphatic carbocycles. The molecule has 2 aromatic carbocycles. The van der Waals surface area contributed by atoms with Crippen LogP contribution < -0.4 is 20.9 Å². The second-order valence-electron chi connectivity index (χ2n) is 7.68. The van der Waals surface area contributed by atoms with Crippen LogP contribution in [-0.2, 0) is 6.61 Å². The third-order valence-electron chi connectivity index (χ3n) is 5.09. The molecule has 0 bridgehead atoms. The number of amides is 2. The second kappa shape index (κ2) is 8.93. The van der Waals surface area contributed by atoms with Crippen LogP contribution in [0.3, 0.4) is 0 Å². The normalized spacial score (nSPS) is 10.7. The molecule has 2 heterocycles. The number of carbonyl (C=O) groups is 1. The van der Waals surface area contributed by atoms with Crippen molar-refractivity contribution in [2.24, 2.45) is 0 Å². The molecule has 7 nitrogen and oxygen atoms in total. The molecule has 0 radical (unpaired) electrons. The van der Waals surface area contributed by atoms with Gasteiger partial charge in [0.1, 0.15) is 18.0 Å². The van der Waals surface area contributed by atoms with Crippen molar-refractivity contribution in [3.63, 3.8) is 0 Å². The number of anilines is 2. The summed E-state index contributed by atoms with van der Waals surface area (Å²) < 4.78 is 7.43. The predicted octanol–water partition coefficient (Wildman–Crippen LogP) is 4.84. The lowest BCUT2D eigenvalue weighted by Crippen LogP contribution is -2.20. The smallest absolute Gasteiger partial charge is 0.323 e. The van der Waals surface area contributed by atoms with E-state index in [1.807, 2.05) is 69.3 Å². The van der Waals surface area contributed by atoms with E-state index in [0.717, 1.165) is 22.4 Å². The maximum absolute atomic E-state index is 12.4. The van der Waals surface area contributed by atoms with Gasteiger partial charge >= 0.3 is 6.03 Å². The Kier molecular flexibility index (Phi) is 5.89. The van der Waals surface area contributed by atoms with Crippen LogP contribution in [0.1, 0.15) is 22.4 Å². The number of urea groups is 1. The van der Waals surface area contributed by atoms with Gasteiger partial charge in [-0.25, -0.2) is 9.78 Å². The number of benzene rings is 2. The molecule has 2 aromatic heterocycles. The first-order valence-corrected chi connectivity index (χ1v) is 10.2. The van der Waals surface area contributed by atoms with Crippen molar-refractivity contribution >= 4 is 23.1 Å². The minimum absolute atomic E-state index is 0.138. The number of ether oxygens (including phenoxy) is 1. The number of nitrogens with one attached hydrogen (secondary N) is 2. The number of rotatable bonds is 5. The average Bonchev–Trinajstić information content (AvgIpc) is 2.75. The molecule has 0 unspecified atom stereocenters. The zero-order valence-corrected chi connectivity index (χ0v) is 18.2. The number of nitrogens with zero attached hydrogens (tertiary/aromatic N) is 2. The van der Waals surface area contributed by atoms with E-state index >= 15 is 0 Å². The number of para-hydroxylation sites is 1. The zero-order valence-electron chi connectivity index (χ0n) is 18.2. The van der Waals surface area contributed by atoms with Gasteiger partial charge in [0.25, 0.3) is 5.56 Å². The van der Waals surface area contributed by atoms with Crippen LogP contribution in [0.15, 0.2) is 71.7 Å². The van der Waals surface area contributed by atoms with Gasteiger partial charge in [-0.3, -0.25) is 9.20 Å². The lowest BCUT2D eigenvalue weighted by molar-refractivity contribution is 0.262. The van der Waals surface area contributed by atoms with Crippen molar-refractivity contribution in [3.05, 3.63) is 99.6 Å². The number of hydrogen-bond acceptors (Lipinski definition) is 4. The number of hydrogen-bond donors (Lipinski definition) is 2. The maximum atomic E-state index is 12.4. The molecule has 0 saturated heterocycles. The standard InChI is InChI=1S/C25H24N4O3/c1-16-10-11-29-23(12-16)26-20(14-24(29)30)15-32-22-13-19(9-8-18(22)3)27-25(31)28-21-7-5-4-6-17(21)2/h4-14H,15H2,1-3H3,(H2,27,28,31). The first kappa shape index (κ1) is 21.1. The second-order valence-corrected chi connectivity index (χ2v) is 7.68. The van der Waals surface area contributed by atoms with E-state index in [1.54, 1.807) is 12.3 Å². The number of fused-ring (bicyclic) bond motifs is 1. The fourth-order valence-electron chi connectivity index (χ4n) is 3.31. The summed E-state index contributed by atoms with van der Waals surface area (Å²) in [5.41, 5.74) is 5.21. The molecule has 0 atom stereocenters. The van der Waals surface area contributed by atoms with Crippen LogP contribution in [-0.4, -0.2) is 15.4 Å². The molecule has 4 rings (SSSR count).